The fourth-order valence-electron chi connectivity index (χ4n) is 3.46. The van der Waals surface area contributed by atoms with Gasteiger partial charge in [-0.2, -0.15) is 0 Å². The Balaban J connectivity index is 1.92. The number of hydrogen-bond acceptors (Lipinski definition) is 4. The lowest BCUT2D eigenvalue weighted by Crippen LogP contribution is -2.52. The van der Waals surface area contributed by atoms with Crippen LogP contribution in [0.25, 0.3) is 0 Å². The Morgan fingerprint density at radius 3 is 2.37 bits per heavy atom. The van der Waals surface area contributed by atoms with Crippen LogP contribution in [-0.4, -0.2) is 37.9 Å². The maximum Gasteiger partial charge on any atom is 0.150 e. The summed E-state index contributed by atoms with van der Waals surface area (Å²) in [5.74, 6) is 0.697. The van der Waals surface area contributed by atoms with Gasteiger partial charge in [0.1, 0.15) is 9.84 Å². The van der Waals surface area contributed by atoms with E-state index in [1.54, 1.807) is 11.3 Å². The summed E-state index contributed by atoms with van der Waals surface area (Å²) in [6.45, 7) is 2.25. The van der Waals surface area contributed by atoms with Crippen LogP contribution in [0.15, 0.2) is 17.5 Å². The maximum atomic E-state index is 11.8. The lowest BCUT2D eigenvalue weighted by atomic mass is 9.86. The molecule has 2 aliphatic rings. The summed E-state index contributed by atoms with van der Waals surface area (Å²) in [5, 5.41) is 2.12. The van der Waals surface area contributed by atoms with Crippen molar-refractivity contribution in [3.8, 4) is 0 Å². The third kappa shape index (κ3) is 2.60. The molecule has 0 bridgehead atoms. The predicted octanol–water partition coefficient (Wildman–Crippen LogP) is 2.64. The Labute approximate surface area is 119 Å². The van der Waals surface area contributed by atoms with Gasteiger partial charge in [-0.15, -0.1) is 11.3 Å². The van der Waals surface area contributed by atoms with E-state index in [2.05, 4.69) is 22.4 Å². The van der Waals surface area contributed by atoms with Crippen molar-refractivity contribution in [3.63, 3.8) is 0 Å². The molecule has 0 radical (unpaired) electrons. The predicted molar refractivity (Wildman–Crippen MR) is 79.3 cm³/mol. The molecule has 2 saturated heterocycles. The van der Waals surface area contributed by atoms with Gasteiger partial charge in [0.2, 0.25) is 0 Å². The molecule has 5 heteroatoms. The second-order valence-electron chi connectivity index (χ2n) is 5.71. The maximum absolute atomic E-state index is 11.8. The molecule has 0 unspecified atom stereocenters. The van der Waals surface area contributed by atoms with Crippen molar-refractivity contribution in [1.82, 2.24) is 4.90 Å². The first-order valence-electron chi connectivity index (χ1n) is 7.12. The van der Waals surface area contributed by atoms with Gasteiger partial charge < -0.3 is 0 Å². The number of hydrogen-bond donors (Lipinski definition) is 0. The van der Waals surface area contributed by atoms with Gasteiger partial charge >= 0.3 is 0 Å². The molecule has 3 rings (SSSR count). The standard InChI is InChI=1S/C14H21NO2S2/c16-19(17)11-6-14(7-12-19,13-5-4-10-18-13)15-8-2-1-3-9-15/h4-5,10H,1-3,6-9,11-12H2. The van der Waals surface area contributed by atoms with E-state index in [-0.39, 0.29) is 5.54 Å². The van der Waals surface area contributed by atoms with Gasteiger partial charge in [-0.05, 0) is 50.2 Å². The van der Waals surface area contributed by atoms with Gasteiger partial charge in [0.25, 0.3) is 0 Å². The highest BCUT2D eigenvalue weighted by atomic mass is 32.2. The molecule has 0 saturated carbocycles. The number of thiophene rings is 1. The largest absolute Gasteiger partial charge is 0.293 e. The molecular formula is C14H21NO2S2. The lowest BCUT2D eigenvalue weighted by Gasteiger charge is -2.47. The van der Waals surface area contributed by atoms with Crippen LogP contribution in [-0.2, 0) is 15.4 Å². The highest BCUT2D eigenvalue weighted by Gasteiger charge is 2.44. The topological polar surface area (TPSA) is 37.4 Å². The molecule has 0 spiro atoms. The van der Waals surface area contributed by atoms with Gasteiger partial charge in [-0.3, -0.25) is 4.90 Å². The Morgan fingerprint density at radius 2 is 1.79 bits per heavy atom. The molecule has 0 aliphatic carbocycles. The molecule has 0 N–H and O–H groups in total. The number of piperidine rings is 1. The molecule has 0 atom stereocenters. The van der Waals surface area contributed by atoms with E-state index in [1.807, 2.05) is 0 Å². The van der Waals surface area contributed by atoms with E-state index in [1.165, 1.54) is 24.1 Å². The first kappa shape index (κ1) is 13.6. The van der Waals surface area contributed by atoms with Gasteiger partial charge in [-0.25, -0.2) is 8.42 Å². The smallest absolute Gasteiger partial charge is 0.150 e. The lowest BCUT2D eigenvalue weighted by molar-refractivity contribution is 0.0567. The molecule has 1 aromatic rings. The summed E-state index contributed by atoms with van der Waals surface area (Å²) < 4.78 is 23.6. The minimum Gasteiger partial charge on any atom is -0.293 e. The summed E-state index contributed by atoms with van der Waals surface area (Å²) in [5.41, 5.74) is -0.0000926. The number of nitrogens with zero attached hydrogens (tertiary/aromatic N) is 1. The SMILES string of the molecule is O=S1(=O)CCC(c2cccs2)(N2CCCCC2)CC1. The quantitative estimate of drug-likeness (QED) is 0.842. The second kappa shape index (κ2) is 5.19. The van der Waals surface area contributed by atoms with E-state index in [0.717, 1.165) is 25.9 Å². The van der Waals surface area contributed by atoms with Crippen LogP contribution in [0.5, 0.6) is 0 Å². The third-order valence-electron chi connectivity index (χ3n) is 4.59. The van der Waals surface area contributed by atoms with E-state index >= 15 is 0 Å². The van der Waals surface area contributed by atoms with E-state index < -0.39 is 9.84 Å². The van der Waals surface area contributed by atoms with E-state index in [0.29, 0.717) is 11.5 Å². The molecular weight excluding hydrogens is 278 g/mol. The van der Waals surface area contributed by atoms with Crippen LogP contribution in [0, 0.1) is 0 Å². The van der Waals surface area contributed by atoms with Crippen LogP contribution in [0.2, 0.25) is 0 Å². The van der Waals surface area contributed by atoms with E-state index in [4.69, 9.17) is 0 Å². The number of likely N-dealkylation sites (tertiary alicyclic amines) is 1. The van der Waals surface area contributed by atoms with Crippen molar-refractivity contribution in [3.05, 3.63) is 22.4 Å². The fourth-order valence-corrected chi connectivity index (χ4v) is 5.97. The van der Waals surface area contributed by atoms with Crippen molar-refractivity contribution in [2.75, 3.05) is 24.6 Å². The van der Waals surface area contributed by atoms with Crippen LogP contribution < -0.4 is 0 Å². The zero-order valence-corrected chi connectivity index (χ0v) is 12.8. The van der Waals surface area contributed by atoms with Gasteiger partial charge in [0, 0.05) is 4.88 Å². The van der Waals surface area contributed by atoms with Crippen molar-refractivity contribution < 1.29 is 8.42 Å². The molecule has 0 aromatic carbocycles. The average Bonchev–Trinajstić information content (AvgIpc) is 2.95. The van der Waals surface area contributed by atoms with Crippen LogP contribution >= 0.6 is 11.3 Å². The first-order chi connectivity index (χ1) is 9.12. The van der Waals surface area contributed by atoms with Crippen LogP contribution in [0.1, 0.15) is 37.0 Å². The van der Waals surface area contributed by atoms with Gasteiger partial charge in [0.05, 0.1) is 17.0 Å². The highest BCUT2D eigenvalue weighted by Crippen LogP contribution is 2.42. The minimum absolute atomic E-state index is 0.0000926. The summed E-state index contributed by atoms with van der Waals surface area (Å²) >= 11 is 1.79. The van der Waals surface area contributed by atoms with Crippen molar-refractivity contribution in [2.45, 2.75) is 37.6 Å². The molecule has 0 amide bonds. The molecule has 3 nitrogen and oxygen atoms in total. The zero-order valence-electron chi connectivity index (χ0n) is 11.2. The van der Waals surface area contributed by atoms with E-state index in [9.17, 15) is 8.42 Å². The first-order valence-corrected chi connectivity index (χ1v) is 9.82. The van der Waals surface area contributed by atoms with Crippen LogP contribution in [0.3, 0.4) is 0 Å². The van der Waals surface area contributed by atoms with Crippen molar-refractivity contribution >= 4 is 21.2 Å². The molecule has 106 valence electrons. The van der Waals surface area contributed by atoms with Gasteiger partial charge in [-0.1, -0.05) is 12.5 Å². The number of sulfone groups is 1. The van der Waals surface area contributed by atoms with Gasteiger partial charge in [0.15, 0.2) is 0 Å². The van der Waals surface area contributed by atoms with Crippen LogP contribution in [0.4, 0.5) is 0 Å². The second-order valence-corrected chi connectivity index (χ2v) is 8.96. The Bertz CT molecular complexity index is 502. The number of rotatable bonds is 2. The fraction of sp³-hybridized carbons (Fsp3) is 0.714. The molecule has 2 fully saturated rings. The summed E-state index contributed by atoms with van der Waals surface area (Å²) in [4.78, 5) is 3.93. The highest BCUT2D eigenvalue weighted by molar-refractivity contribution is 7.91. The molecule has 3 heterocycles. The summed E-state index contributed by atoms with van der Waals surface area (Å²) in [6, 6.07) is 4.28. The summed E-state index contributed by atoms with van der Waals surface area (Å²) in [6.07, 6.45) is 5.36. The van der Waals surface area contributed by atoms with Crippen molar-refractivity contribution in [2.24, 2.45) is 0 Å². The summed E-state index contributed by atoms with van der Waals surface area (Å²) in [7, 11) is -2.81. The zero-order chi connectivity index (χ0) is 13.3. The Hall–Kier alpha value is -0.390. The third-order valence-corrected chi connectivity index (χ3v) is 7.31. The monoisotopic (exact) mass is 299 g/mol. The molecule has 2 aliphatic heterocycles. The Morgan fingerprint density at radius 1 is 1.11 bits per heavy atom. The van der Waals surface area contributed by atoms with Crippen molar-refractivity contribution in [1.29, 1.82) is 0 Å². The minimum atomic E-state index is -2.81. The normalized spacial score (nSPS) is 27.2. The Kier molecular flexibility index (Phi) is 3.71. The molecule has 1 aromatic heterocycles. The molecule has 19 heavy (non-hydrogen) atoms. The average molecular weight is 299 g/mol.